The molecular formula is C8H9FO3S. The molecule has 72 valence electrons. The molecule has 5 heteroatoms. The maximum atomic E-state index is 12.0. The Morgan fingerprint density at radius 2 is 2.46 bits per heavy atom. The lowest BCUT2D eigenvalue weighted by Crippen LogP contribution is -1.97. The predicted octanol–water partition coefficient (Wildman–Crippen LogP) is 1.54. The summed E-state index contributed by atoms with van der Waals surface area (Å²) in [5.74, 6) is -0.470. The first-order valence-electron chi connectivity index (χ1n) is 3.61. The van der Waals surface area contributed by atoms with Crippen LogP contribution in [0.4, 0.5) is 4.39 Å². The highest BCUT2D eigenvalue weighted by molar-refractivity contribution is 7.14. The normalized spacial score (nSPS) is 12.5. The van der Waals surface area contributed by atoms with E-state index in [-0.39, 0.29) is 0 Å². The fourth-order valence-corrected chi connectivity index (χ4v) is 1.71. The molecule has 0 bridgehead atoms. The van der Waals surface area contributed by atoms with Crippen molar-refractivity contribution < 1.29 is 19.0 Å². The average molecular weight is 204 g/mol. The van der Waals surface area contributed by atoms with Gasteiger partial charge in [0.25, 0.3) is 0 Å². The van der Waals surface area contributed by atoms with Gasteiger partial charge in [0.15, 0.2) is 0 Å². The molecule has 1 unspecified atom stereocenters. The van der Waals surface area contributed by atoms with Gasteiger partial charge in [-0.25, -0.2) is 9.18 Å². The maximum absolute atomic E-state index is 12.0. The van der Waals surface area contributed by atoms with Gasteiger partial charge in [-0.2, -0.15) is 0 Å². The smallest absolute Gasteiger partial charge is 0.348 e. The number of esters is 1. The molecule has 3 nitrogen and oxygen atoms in total. The third-order valence-electron chi connectivity index (χ3n) is 1.49. The lowest BCUT2D eigenvalue weighted by molar-refractivity contribution is 0.0606. The molecule has 0 aromatic carbocycles. The molecular weight excluding hydrogens is 195 g/mol. The molecule has 0 saturated heterocycles. The zero-order valence-corrected chi connectivity index (χ0v) is 7.81. The van der Waals surface area contributed by atoms with Crippen molar-refractivity contribution in [2.45, 2.75) is 6.10 Å². The molecule has 1 aromatic rings. The molecule has 0 saturated carbocycles. The van der Waals surface area contributed by atoms with Crippen molar-refractivity contribution in [1.82, 2.24) is 0 Å². The van der Waals surface area contributed by atoms with Gasteiger partial charge in [0.05, 0.1) is 7.11 Å². The van der Waals surface area contributed by atoms with Crippen LogP contribution < -0.4 is 0 Å². The first-order chi connectivity index (χ1) is 6.19. The van der Waals surface area contributed by atoms with Crippen LogP contribution in [0.1, 0.15) is 20.7 Å². The number of thiophene rings is 1. The molecule has 0 spiro atoms. The average Bonchev–Trinajstić information content (AvgIpc) is 2.64. The van der Waals surface area contributed by atoms with Crippen LogP contribution >= 0.6 is 11.3 Å². The summed E-state index contributed by atoms with van der Waals surface area (Å²) in [5.41, 5.74) is 0. The van der Waals surface area contributed by atoms with Gasteiger partial charge in [-0.05, 0) is 12.1 Å². The van der Waals surface area contributed by atoms with Crippen molar-refractivity contribution in [3.05, 3.63) is 21.9 Å². The number of hydrogen-bond acceptors (Lipinski definition) is 4. The van der Waals surface area contributed by atoms with Gasteiger partial charge in [0, 0.05) is 4.88 Å². The monoisotopic (exact) mass is 204 g/mol. The number of hydrogen-bond donors (Lipinski definition) is 1. The van der Waals surface area contributed by atoms with Crippen LogP contribution in [0.25, 0.3) is 0 Å². The molecule has 0 radical (unpaired) electrons. The molecule has 0 aliphatic heterocycles. The van der Waals surface area contributed by atoms with Gasteiger partial charge in [0.2, 0.25) is 0 Å². The van der Waals surface area contributed by atoms with Crippen molar-refractivity contribution >= 4 is 17.3 Å². The fraction of sp³-hybridized carbons (Fsp3) is 0.375. The number of aliphatic hydroxyl groups excluding tert-OH is 1. The number of carbonyl (C=O) groups excluding carboxylic acids is 1. The third kappa shape index (κ3) is 2.26. The Hall–Kier alpha value is -0.940. The minimum absolute atomic E-state index is 0.366. The van der Waals surface area contributed by atoms with E-state index in [4.69, 9.17) is 5.11 Å². The van der Waals surface area contributed by atoms with Crippen LogP contribution in [0.15, 0.2) is 12.1 Å². The van der Waals surface area contributed by atoms with Gasteiger partial charge in [0.1, 0.15) is 17.7 Å². The van der Waals surface area contributed by atoms with Crippen LogP contribution in [0.2, 0.25) is 0 Å². The minimum Gasteiger partial charge on any atom is -0.465 e. The molecule has 1 rings (SSSR count). The van der Waals surface area contributed by atoms with E-state index in [0.717, 1.165) is 11.3 Å². The Labute approximate surface area is 78.8 Å². The number of halogens is 1. The molecule has 1 N–H and O–H groups in total. The third-order valence-corrected chi connectivity index (χ3v) is 2.65. The van der Waals surface area contributed by atoms with Gasteiger partial charge in [-0.1, -0.05) is 0 Å². The molecule has 0 amide bonds. The van der Waals surface area contributed by atoms with Crippen LogP contribution in [-0.2, 0) is 4.74 Å². The molecule has 13 heavy (non-hydrogen) atoms. The molecule has 0 aliphatic carbocycles. The summed E-state index contributed by atoms with van der Waals surface area (Å²) < 4.78 is 16.5. The number of methoxy groups -OCH3 is 1. The maximum Gasteiger partial charge on any atom is 0.348 e. The second-order valence-corrected chi connectivity index (χ2v) is 3.48. The number of aliphatic hydroxyl groups is 1. The van der Waals surface area contributed by atoms with Gasteiger partial charge >= 0.3 is 5.97 Å². The number of rotatable bonds is 3. The Morgan fingerprint density at radius 3 is 3.00 bits per heavy atom. The molecule has 1 atom stereocenters. The first kappa shape index (κ1) is 10.1. The van der Waals surface area contributed by atoms with E-state index in [1.54, 1.807) is 0 Å². The molecule has 1 aromatic heterocycles. The zero-order chi connectivity index (χ0) is 9.84. The summed E-state index contributed by atoms with van der Waals surface area (Å²) in [6.45, 7) is -0.846. The topological polar surface area (TPSA) is 46.5 Å². The van der Waals surface area contributed by atoms with Crippen LogP contribution in [0.5, 0.6) is 0 Å². The van der Waals surface area contributed by atoms with E-state index >= 15 is 0 Å². The van der Waals surface area contributed by atoms with Crippen molar-refractivity contribution in [2.24, 2.45) is 0 Å². The van der Waals surface area contributed by atoms with Crippen LogP contribution in [-0.4, -0.2) is 24.9 Å². The summed E-state index contributed by atoms with van der Waals surface area (Å²) in [7, 11) is 1.27. The zero-order valence-electron chi connectivity index (χ0n) is 6.99. The van der Waals surface area contributed by atoms with Crippen molar-refractivity contribution in [2.75, 3.05) is 13.8 Å². The lowest BCUT2D eigenvalue weighted by atomic mass is 10.3. The van der Waals surface area contributed by atoms with E-state index in [1.165, 1.54) is 19.2 Å². The Bertz CT molecular complexity index is 297. The van der Waals surface area contributed by atoms with E-state index in [1.807, 2.05) is 0 Å². The number of carbonyl (C=O) groups is 1. The minimum atomic E-state index is -1.14. The molecule has 0 aliphatic rings. The molecule has 0 fully saturated rings. The van der Waals surface area contributed by atoms with Gasteiger partial charge in [-0.3, -0.25) is 0 Å². The van der Waals surface area contributed by atoms with Crippen molar-refractivity contribution in [3.8, 4) is 0 Å². The quantitative estimate of drug-likeness (QED) is 0.759. The second kappa shape index (κ2) is 4.34. The predicted molar refractivity (Wildman–Crippen MR) is 46.6 cm³/mol. The highest BCUT2D eigenvalue weighted by atomic mass is 32.1. The number of alkyl halides is 1. The van der Waals surface area contributed by atoms with Crippen molar-refractivity contribution in [3.63, 3.8) is 0 Å². The highest BCUT2D eigenvalue weighted by Gasteiger charge is 2.13. The number of ether oxygens (including phenoxy) is 1. The van der Waals surface area contributed by atoms with E-state index in [9.17, 15) is 9.18 Å². The van der Waals surface area contributed by atoms with Crippen LogP contribution in [0.3, 0.4) is 0 Å². The highest BCUT2D eigenvalue weighted by Crippen LogP contribution is 2.23. The van der Waals surface area contributed by atoms with Crippen molar-refractivity contribution in [1.29, 1.82) is 0 Å². The van der Waals surface area contributed by atoms with E-state index < -0.39 is 18.7 Å². The Morgan fingerprint density at radius 1 is 1.77 bits per heavy atom. The van der Waals surface area contributed by atoms with Crippen LogP contribution in [0, 0.1) is 0 Å². The fourth-order valence-electron chi connectivity index (χ4n) is 0.818. The lowest BCUT2D eigenvalue weighted by Gasteiger charge is -2.00. The van der Waals surface area contributed by atoms with Gasteiger partial charge < -0.3 is 9.84 Å². The SMILES string of the molecule is COC(=O)c1ccc(C(O)CF)s1. The summed E-state index contributed by atoms with van der Waals surface area (Å²) in [6, 6.07) is 3.02. The Balaban J connectivity index is 2.80. The Kier molecular flexibility index (Phi) is 3.39. The summed E-state index contributed by atoms with van der Waals surface area (Å²) in [6.07, 6.45) is -1.14. The largest absolute Gasteiger partial charge is 0.465 e. The summed E-state index contributed by atoms with van der Waals surface area (Å²) in [5, 5.41) is 9.08. The van der Waals surface area contributed by atoms with Gasteiger partial charge in [-0.15, -0.1) is 11.3 Å². The standard InChI is InChI=1S/C8H9FO3S/c1-12-8(11)7-3-2-6(13-7)5(10)4-9/h2-3,5,10H,4H2,1H3. The van der Waals surface area contributed by atoms with E-state index in [0.29, 0.717) is 9.75 Å². The second-order valence-electron chi connectivity index (χ2n) is 2.36. The summed E-state index contributed by atoms with van der Waals surface area (Å²) >= 11 is 1.03. The summed E-state index contributed by atoms with van der Waals surface area (Å²) in [4.78, 5) is 11.7. The first-order valence-corrected chi connectivity index (χ1v) is 4.42. The molecule has 1 heterocycles. The van der Waals surface area contributed by atoms with E-state index in [2.05, 4.69) is 4.74 Å².